The smallest absolute Gasteiger partial charge is 0.178 e. The molecule has 1 fully saturated rings. The zero-order chi connectivity index (χ0) is 12.8. The van der Waals surface area contributed by atoms with Gasteiger partial charge >= 0.3 is 0 Å². The van der Waals surface area contributed by atoms with Gasteiger partial charge in [-0.15, -0.1) is 0 Å². The van der Waals surface area contributed by atoms with Gasteiger partial charge in [-0.2, -0.15) is 5.26 Å². The minimum atomic E-state index is -0.421. The maximum absolute atomic E-state index is 12.2. The van der Waals surface area contributed by atoms with Crippen molar-refractivity contribution in [3.63, 3.8) is 0 Å². The van der Waals surface area contributed by atoms with Crippen LogP contribution in [0, 0.1) is 28.1 Å². The van der Waals surface area contributed by atoms with Crippen LogP contribution in [-0.4, -0.2) is 5.78 Å². The van der Waals surface area contributed by atoms with E-state index in [2.05, 4.69) is 19.6 Å². The topological polar surface area (TPSA) is 40.9 Å². The van der Waals surface area contributed by atoms with Crippen LogP contribution in [0.4, 0.5) is 0 Å². The molecule has 0 spiro atoms. The quantitative estimate of drug-likeness (QED) is 0.597. The highest BCUT2D eigenvalue weighted by Crippen LogP contribution is 2.55. The average Bonchev–Trinajstić information content (AvgIpc) is 2.23. The molecule has 0 radical (unpaired) electrons. The van der Waals surface area contributed by atoms with E-state index < -0.39 is 5.41 Å². The van der Waals surface area contributed by atoms with Crippen molar-refractivity contribution in [2.45, 2.75) is 40.0 Å². The van der Waals surface area contributed by atoms with Crippen molar-refractivity contribution in [3.05, 3.63) is 23.8 Å². The summed E-state index contributed by atoms with van der Waals surface area (Å²) in [7, 11) is 0. The number of carbonyl (C=O) groups excluding carboxylic acids is 1. The van der Waals surface area contributed by atoms with Crippen LogP contribution < -0.4 is 0 Å². The number of hydrogen-bond donors (Lipinski definition) is 0. The predicted molar refractivity (Wildman–Crippen MR) is 67.1 cm³/mol. The van der Waals surface area contributed by atoms with E-state index in [1.807, 2.05) is 19.9 Å². The van der Waals surface area contributed by atoms with Gasteiger partial charge in [-0.3, -0.25) is 4.79 Å². The number of rotatable bonds is 0. The largest absolute Gasteiger partial charge is 0.293 e. The van der Waals surface area contributed by atoms with E-state index in [0.717, 1.165) is 19.3 Å². The van der Waals surface area contributed by atoms with Crippen LogP contribution >= 0.6 is 0 Å². The molecule has 0 unspecified atom stereocenters. The summed E-state index contributed by atoms with van der Waals surface area (Å²) in [5.74, 6) is 0.333. The highest BCUT2D eigenvalue weighted by atomic mass is 16.1. The van der Waals surface area contributed by atoms with Crippen LogP contribution in [0.25, 0.3) is 0 Å². The van der Waals surface area contributed by atoms with Gasteiger partial charge in [0, 0.05) is 5.41 Å². The number of ketones is 1. The lowest BCUT2D eigenvalue weighted by atomic mass is 9.52. The molecule has 0 aliphatic heterocycles. The molecule has 2 heteroatoms. The van der Waals surface area contributed by atoms with Gasteiger partial charge in [0.2, 0.25) is 0 Å². The third kappa shape index (κ3) is 1.65. The van der Waals surface area contributed by atoms with Gasteiger partial charge in [-0.05, 0) is 30.6 Å². The second-order valence-electron chi connectivity index (χ2n) is 6.24. The second kappa shape index (κ2) is 3.57. The first-order valence-electron chi connectivity index (χ1n) is 6.15. The summed E-state index contributed by atoms with van der Waals surface area (Å²) in [6.45, 7) is 10.2. The molecule has 0 aromatic heterocycles. The lowest BCUT2D eigenvalue weighted by Crippen LogP contribution is -2.48. The summed E-state index contributed by atoms with van der Waals surface area (Å²) in [5, 5.41) is 9.10. The summed E-state index contributed by atoms with van der Waals surface area (Å²) in [5.41, 5.74) is 1.08. The molecular formula is C15H19NO. The molecule has 0 heterocycles. The zero-order valence-electron chi connectivity index (χ0n) is 10.8. The minimum Gasteiger partial charge on any atom is -0.293 e. The van der Waals surface area contributed by atoms with Gasteiger partial charge in [0.1, 0.15) is 6.07 Å². The number of fused-ring (bicyclic) bond motifs is 1. The van der Waals surface area contributed by atoms with E-state index >= 15 is 0 Å². The van der Waals surface area contributed by atoms with Crippen molar-refractivity contribution >= 4 is 5.78 Å². The highest BCUT2D eigenvalue weighted by molar-refractivity contribution is 6.04. The third-order valence-corrected chi connectivity index (χ3v) is 4.51. The number of hydrogen-bond acceptors (Lipinski definition) is 2. The van der Waals surface area contributed by atoms with Gasteiger partial charge in [0.15, 0.2) is 5.78 Å². The van der Waals surface area contributed by atoms with Crippen molar-refractivity contribution in [2.24, 2.45) is 16.7 Å². The van der Waals surface area contributed by atoms with E-state index in [4.69, 9.17) is 5.26 Å². The van der Waals surface area contributed by atoms with Crippen LogP contribution in [0.5, 0.6) is 0 Å². The molecule has 0 aromatic carbocycles. The number of Topliss-reactive ketones (excluding diaryl/α,β-unsaturated/α-hetero) is 1. The SMILES string of the molecule is C=C1CC[C@@H]2C(C)(C)C(=O)C(C#N)=C[C@@]2(C)C1. The predicted octanol–water partition coefficient (Wildman–Crippen LogP) is 3.41. The Hall–Kier alpha value is -1.36. The summed E-state index contributed by atoms with van der Waals surface area (Å²) < 4.78 is 0. The van der Waals surface area contributed by atoms with E-state index in [-0.39, 0.29) is 11.2 Å². The first-order valence-corrected chi connectivity index (χ1v) is 6.15. The van der Waals surface area contributed by atoms with Crippen molar-refractivity contribution < 1.29 is 4.79 Å². The first kappa shape index (κ1) is 12.1. The van der Waals surface area contributed by atoms with Gasteiger partial charge in [-0.1, -0.05) is 39.0 Å². The van der Waals surface area contributed by atoms with Crippen LogP contribution in [0.1, 0.15) is 40.0 Å². The Bertz CT molecular complexity index is 464. The molecule has 2 aliphatic carbocycles. The normalized spacial score (nSPS) is 35.9. The molecule has 0 N–H and O–H groups in total. The molecule has 2 atom stereocenters. The molecule has 17 heavy (non-hydrogen) atoms. The maximum atomic E-state index is 12.2. The van der Waals surface area contributed by atoms with E-state index in [1.54, 1.807) is 0 Å². The minimum absolute atomic E-state index is 0.00925. The van der Waals surface area contributed by atoms with E-state index in [9.17, 15) is 4.79 Å². The number of allylic oxidation sites excluding steroid dienone is 3. The molecule has 1 saturated carbocycles. The number of carbonyl (C=O) groups is 1. The van der Waals surface area contributed by atoms with E-state index in [0.29, 0.717) is 11.5 Å². The zero-order valence-corrected chi connectivity index (χ0v) is 10.8. The van der Waals surface area contributed by atoms with Gasteiger partial charge in [0.05, 0.1) is 5.57 Å². The molecule has 0 amide bonds. The molecule has 2 rings (SSSR count). The first-order chi connectivity index (χ1) is 7.81. The molecule has 2 aliphatic rings. The Kier molecular flexibility index (Phi) is 2.54. The lowest BCUT2D eigenvalue weighted by molar-refractivity contribution is -0.130. The third-order valence-electron chi connectivity index (χ3n) is 4.51. The van der Waals surface area contributed by atoms with Crippen molar-refractivity contribution in [1.82, 2.24) is 0 Å². The van der Waals surface area contributed by atoms with Gasteiger partial charge in [0.25, 0.3) is 0 Å². The fourth-order valence-electron chi connectivity index (χ4n) is 3.75. The van der Waals surface area contributed by atoms with Gasteiger partial charge in [-0.25, -0.2) is 0 Å². The van der Waals surface area contributed by atoms with Crippen molar-refractivity contribution in [2.75, 3.05) is 0 Å². The van der Waals surface area contributed by atoms with Crippen molar-refractivity contribution in [3.8, 4) is 6.07 Å². The molecule has 0 aromatic rings. The Morgan fingerprint density at radius 2 is 2.12 bits per heavy atom. The summed E-state index contributed by atoms with van der Waals surface area (Å²) >= 11 is 0. The van der Waals surface area contributed by atoms with Crippen LogP contribution in [0.3, 0.4) is 0 Å². The fraction of sp³-hybridized carbons (Fsp3) is 0.600. The standard InChI is InChI=1S/C15H19NO/c1-10-5-6-12-14(2,3)13(17)11(9-16)8-15(12,4)7-10/h8,12H,1,5-7H2,2-4H3/t12-,15-/m1/s1. The van der Waals surface area contributed by atoms with E-state index in [1.165, 1.54) is 5.57 Å². The Morgan fingerprint density at radius 3 is 2.71 bits per heavy atom. The van der Waals surface area contributed by atoms with Crippen LogP contribution in [0.15, 0.2) is 23.8 Å². The summed E-state index contributed by atoms with van der Waals surface area (Å²) in [6, 6.07) is 2.06. The second-order valence-corrected chi connectivity index (χ2v) is 6.24. The lowest BCUT2D eigenvalue weighted by Gasteiger charge is -2.50. The average molecular weight is 229 g/mol. The maximum Gasteiger partial charge on any atom is 0.178 e. The summed E-state index contributed by atoms with van der Waals surface area (Å²) in [4.78, 5) is 12.2. The Labute approximate surface area is 103 Å². The molecular weight excluding hydrogens is 210 g/mol. The Morgan fingerprint density at radius 1 is 1.47 bits per heavy atom. The molecule has 0 saturated heterocycles. The molecule has 2 nitrogen and oxygen atoms in total. The Balaban J connectivity index is 2.55. The fourth-order valence-corrected chi connectivity index (χ4v) is 3.75. The summed E-state index contributed by atoms with van der Waals surface area (Å²) in [6.07, 6.45) is 4.81. The molecule has 90 valence electrons. The molecule has 0 bridgehead atoms. The van der Waals surface area contributed by atoms with Crippen LogP contribution in [0.2, 0.25) is 0 Å². The van der Waals surface area contributed by atoms with Crippen molar-refractivity contribution in [1.29, 1.82) is 5.26 Å². The highest BCUT2D eigenvalue weighted by Gasteiger charge is 2.52. The van der Waals surface area contributed by atoms with Gasteiger partial charge < -0.3 is 0 Å². The van der Waals surface area contributed by atoms with Crippen LogP contribution in [-0.2, 0) is 4.79 Å². The number of nitrogens with zero attached hydrogens (tertiary/aromatic N) is 1. The monoisotopic (exact) mass is 229 g/mol. The number of nitriles is 1.